The Balaban J connectivity index is 1.81. The zero-order chi connectivity index (χ0) is 24.2. The molecule has 2 unspecified atom stereocenters. The van der Waals surface area contributed by atoms with Crippen LogP contribution >= 0.6 is 0 Å². The van der Waals surface area contributed by atoms with E-state index in [9.17, 15) is 39.2 Å². The molecule has 11 heteroatoms. The highest BCUT2D eigenvalue weighted by atomic mass is 32.2. The zero-order valence-corrected chi connectivity index (χ0v) is 18.0. The number of rotatable bonds is 2. The fraction of sp³-hybridized carbons (Fsp3) is 0.455. The molecular formula is C22H20F7NO2S. The van der Waals surface area contributed by atoms with Crippen LogP contribution < -0.4 is 4.31 Å². The first kappa shape index (κ1) is 23.8. The van der Waals surface area contributed by atoms with E-state index in [0.717, 1.165) is 34.6 Å². The average Bonchev–Trinajstić information content (AvgIpc) is 2.73. The van der Waals surface area contributed by atoms with Gasteiger partial charge >= 0.3 is 12.4 Å². The molecule has 1 spiro atoms. The van der Waals surface area contributed by atoms with E-state index in [1.165, 1.54) is 0 Å². The quantitative estimate of drug-likeness (QED) is 0.450. The van der Waals surface area contributed by atoms with Gasteiger partial charge in [-0.3, -0.25) is 4.31 Å². The summed E-state index contributed by atoms with van der Waals surface area (Å²) in [6.45, 7) is -0.297. The summed E-state index contributed by atoms with van der Waals surface area (Å²) >= 11 is 0. The SMILES string of the molecule is O=S(=O)(c1ccc(C(F)(F)F)cc1)N1CCC2(CCCCC2C(F)(F)F)c2cc(F)ccc21. The molecule has 2 atom stereocenters. The van der Waals surface area contributed by atoms with Crippen molar-refractivity contribution in [3.05, 3.63) is 59.4 Å². The highest BCUT2D eigenvalue weighted by Gasteiger charge is 2.57. The highest BCUT2D eigenvalue weighted by Crippen LogP contribution is 2.57. The topological polar surface area (TPSA) is 37.4 Å². The maximum Gasteiger partial charge on any atom is 0.416 e. The molecule has 0 N–H and O–H groups in total. The minimum atomic E-state index is -4.66. The van der Waals surface area contributed by atoms with Gasteiger partial charge in [-0.2, -0.15) is 26.3 Å². The van der Waals surface area contributed by atoms with Gasteiger partial charge in [0.1, 0.15) is 5.82 Å². The van der Waals surface area contributed by atoms with Crippen LogP contribution in [0.4, 0.5) is 36.4 Å². The summed E-state index contributed by atoms with van der Waals surface area (Å²) < 4.78 is 122. The van der Waals surface area contributed by atoms with Gasteiger partial charge < -0.3 is 0 Å². The van der Waals surface area contributed by atoms with Crippen LogP contribution in [0.5, 0.6) is 0 Å². The third-order valence-electron chi connectivity index (χ3n) is 6.72. The standard InChI is InChI=1S/C22H20F7NO2S/c23-15-6-9-18-17(13-15)20(10-2-1-3-19(20)22(27,28)29)11-12-30(18)33(31,32)16-7-4-14(5-8-16)21(24,25)26/h4-9,13,19H,1-3,10-12H2. The van der Waals surface area contributed by atoms with Gasteiger partial charge in [-0.1, -0.05) is 12.8 Å². The van der Waals surface area contributed by atoms with E-state index in [0.29, 0.717) is 25.0 Å². The van der Waals surface area contributed by atoms with E-state index in [1.807, 2.05) is 0 Å². The van der Waals surface area contributed by atoms with E-state index < -0.39 is 50.0 Å². The lowest BCUT2D eigenvalue weighted by Crippen LogP contribution is -2.52. The lowest BCUT2D eigenvalue weighted by atomic mass is 9.59. The van der Waals surface area contributed by atoms with E-state index in [2.05, 4.69) is 0 Å². The molecule has 1 aliphatic heterocycles. The predicted octanol–water partition coefficient (Wildman–Crippen LogP) is 6.43. The molecule has 33 heavy (non-hydrogen) atoms. The first-order valence-electron chi connectivity index (χ1n) is 10.3. The average molecular weight is 495 g/mol. The maximum atomic E-state index is 14.2. The van der Waals surface area contributed by atoms with Gasteiger partial charge in [-0.25, -0.2) is 12.8 Å². The molecule has 1 heterocycles. The fourth-order valence-electron chi connectivity index (χ4n) is 5.21. The van der Waals surface area contributed by atoms with Gasteiger partial charge in [0.05, 0.1) is 22.1 Å². The smallest absolute Gasteiger partial charge is 0.266 e. The molecule has 0 radical (unpaired) electrons. The number of halogens is 7. The summed E-state index contributed by atoms with van der Waals surface area (Å²) in [7, 11) is -4.40. The summed E-state index contributed by atoms with van der Waals surface area (Å²) in [5.74, 6) is -2.52. The van der Waals surface area contributed by atoms with Gasteiger partial charge in [0.2, 0.25) is 0 Å². The number of alkyl halides is 6. The van der Waals surface area contributed by atoms with Crippen LogP contribution in [-0.2, 0) is 21.6 Å². The summed E-state index contributed by atoms with van der Waals surface area (Å²) in [6.07, 6.45) is -8.51. The number of nitrogens with zero attached hydrogens (tertiary/aromatic N) is 1. The molecule has 2 aromatic rings. The highest BCUT2D eigenvalue weighted by molar-refractivity contribution is 7.92. The number of sulfonamides is 1. The van der Waals surface area contributed by atoms with Crippen molar-refractivity contribution in [3.8, 4) is 0 Å². The summed E-state index contributed by atoms with van der Waals surface area (Å²) in [5, 5.41) is 0. The minimum Gasteiger partial charge on any atom is -0.266 e. The summed E-state index contributed by atoms with van der Waals surface area (Å²) in [5.41, 5.74) is -2.58. The van der Waals surface area contributed by atoms with Crippen molar-refractivity contribution in [2.75, 3.05) is 10.8 Å². The number of fused-ring (bicyclic) bond motifs is 2. The van der Waals surface area contributed by atoms with Gasteiger partial charge in [0.15, 0.2) is 0 Å². The van der Waals surface area contributed by atoms with E-state index in [-0.39, 0.29) is 37.1 Å². The van der Waals surface area contributed by atoms with Gasteiger partial charge in [0.25, 0.3) is 10.0 Å². The summed E-state index contributed by atoms with van der Waals surface area (Å²) in [4.78, 5) is -0.433. The summed E-state index contributed by atoms with van der Waals surface area (Å²) in [6, 6.07) is 5.95. The maximum absolute atomic E-state index is 14.2. The predicted molar refractivity (Wildman–Crippen MR) is 107 cm³/mol. The Hall–Kier alpha value is -2.30. The van der Waals surface area contributed by atoms with Crippen molar-refractivity contribution in [1.29, 1.82) is 0 Å². The van der Waals surface area contributed by atoms with Crippen LogP contribution in [0.3, 0.4) is 0 Å². The lowest BCUT2D eigenvalue weighted by molar-refractivity contribution is -0.203. The van der Waals surface area contributed by atoms with Crippen LogP contribution in [0.2, 0.25) is 0 Å². The monoisotopic (exact) mass is 495 g/mol. The number of hydrogen-bond donors (Lipinski definition) is 0. The Morgan fingerprint density at radius 1 is 0.909 bits per heavy atom. The Kier molecular flexibility index (Phi) is 5.70. The van der Waals surface area contributed by atoms with Gasteiger partial charge in [-0.05, 0) is 67.3 Å². The fourth-order valence-corrected chi connectivity index (χ4v) is 6.70. The van der Waals surface area contributed by atoms with E-state index in [1.54, 1.807) is 0 Å². The van der Waals surface area contributed by atoms with Crippen molar-refractivity contribution in [1.82, 2.24) is 0 Å². The van der Waals surface area contributed by atoms with Gasteiger partial charge in [-0.15, -0.1) is 0 Å². The first-order valence-corrected chi connectivity index (χ1v) is 11.8. The normalized spacial score (nSPS) is 24.1. The number of anilines is 1. The molecule has 1 fully saturated rings. The molecule has 1 aliphatic carbocycles. The Labute approximate surface area is 186 Å². The molecule has 180 valence electrons. The Morgan fingerprint density at radius 2 is 1.58 bits per heavy atom. The second-order valence-electron chi connectivity index (χ2n) is 8.51. The molecule has 2 aromatic carbocycles. The van der Waals surface area contributed by atoms with Crippen molar-refractivity contribution >= 4 is 15.7 Å². The lowest BCUT2D eigenvalue weighted by Gasteiger charge is -2.50. The molecule has 1 saturated carbocycles. The van der Waals surface area contributed by atoms with E-state index >= 15 is 0 Å². The first-order chi connectivity index (χ1) is 15.3. The van der Waals surface area contributed by atoms with Crippen LogP contribution in [0.1, 0.15) is 43.2 Å². The zero-order valence-electron chi connectivity index (χ0n) is 17.2. The second-order valence-corrected chi connectivity index (χ2v) is 10.4. The van der Waals surface area contributed by atoms with Crippen molar-refractivity contribution in [2.24, 2.45) is 5.92 Å². The second kappa shape index (κ2) is 7.89. The largest absolute Gasteiger partial charge is 0.416 e. The molecule has 0 amide bonds. The Morgan fingerprint density at radius 3 is 2.18 bits per heavy atom. The molecule has 4 rings (SSSR count). The van der Waals surface area contributed by atoms with Crippen molar-refractivity contribution in [2.45, 2.75) is 54.8 Å². The Bertz CT molecular complexity index is 1140. The third-order valence-corrected chi connectivity index (χ3v) is 8.55. The van der Waals surface area contributed by atoms with Crippen LogP contribution in [-0.4, -0.2) is 21.1 Å². The van der Waals surface area contributed by atoms with Crippen LogP contribution in [0.25, 0.3) is 0 Å². The van der Waals surface area contributed by atoms with Crippen LogP contribution in [0, 0.1) is 11.7 Å². The number of benzene rings is 2. The van der Waals surface area contributed by atoms with Crippen molar-refractivity contribution < 1.29 is 39.2 Å². The molecular weight excluding hydrogens is 475 g/mol. The minimum absolute atomic E-state index is 0.0220. The molecule has 2 aliphatic rings. The third kappa shape index (κ3) is 4.08. The molecule has 0 aromatic heterocycles. The number of hydrogen-bond acceptors (Lipinski definition) is 2. The molecule has 3 nitrogen and oxygen atoms in total. The molecule has 0 bridgehead atoms. The van der Waals surface area contributed by atoms with Crippen molar-refractivity contribution in [3.63, 3.8) is 0 Å². The molecule has 0 saturated heterocycles. The van der Waals surface area contributed by atoms with E-state index in [4.69, 9.17) is 0 Å². The van der Waals surface area contributed by atoms with Crippen LogP contribution in [0.15, 0.2) is 47.4 Å². The van der Waals surface area contributed by atoms with Gasteiger partial charge in [0, 0.05) is 12.0 Å².